The van der Waals surface area contributed by atoms with Gasteiger partial charge in [0.05, 0.1) is 19.4 Å². The largest absolute Gasteiger partial charge is 0.395 e. The number of nitrogens with zero attached hydrogens (tertiary/aromatic N) is 1. The van der Waals surface area contributed by atoms with Crippen LogP contribution in [0.25, 0.3) is 0 Å². The second-order valence-electron chi connectivity index (χ2n) is 4.09. The third-order valence-corrected chi connectivity index (χ3v) is 3.62. The Labute approximate surface area is 113 Å². The highest BCUT2D eigenvalue weighted by Gasteiger charge is 2.20. The van der Waals surface area contributed by atoms with Crippen LogP contribution in [0, 0.1) is 0 Å². The van der Waals surface area contributed by atoms with E-state index in [1.54, 1.807) is 12.1 Å². The standard InChI is InChI=1S/C12H18N2O4S/c1-19(17,18)14(10-12(16)13-7-8-15)9-11-5-3-2-4-6-11/h2-6,15H,7-10H2,1H3,(H,13,16). The van der Waals surface area contributed by atoms with Crippen LogP contribution in [0.4, 0.5) is 0 Å². The molecule has 1 aromatic carbocycles. The number of carbonyl (C=O) groups is 1. The first-order chi connectivity index (χ1) is 8.93. The molecule has 19 heavy (non-hydrogen) atoms. The number of aliphatic hydroxyl groups excluding tert-OH is 1. The quantitative estimate of drug-likeness (QED) is 0.711. The van der Waals surface area contributed by atoms with E-state index in [1.807, 2.05) is 18.2 Å². The van der Waals surface area contributed by atoms with Gasteiger partial charge in [-0.15, -0.1) is 0 Å². The first kappa shape index (κ1) is 15.6. The number of rotatable bonds is 7. The molecule has 106 valence electrons. The Bertz CT molecular complexity index is 502. The summed E-state index contributed by atoms with van der Waals surface area (Å²) in [5.41, 5.74) is 0.808. The van der Waals surface area contributed by atoms with Gasteiger partial charge in [-0.1, -0.05) is 30.3 Å². The molecule has 0 bridgehead atoms. The van der Waals surface area contributed by atoms with Crippen LogP contribution >= 0.6 is 0 Å². The summed E-state index contributed by atoms with van der Waals surface area (Å²) in [6.07, 6.45) is 1.06. The molecule has 0 heterocycles. The van der Waals surface area contributed by atoms with Gasteiger partial charge in [-0.2, -0.15) is 4.31 Å². The van der Waals surface area contributed by atoms with Crippen molar-refractivity contribution in [2.45, 2.75) is 6.54 Å². The second kappa shape index (κ2) is 7.22. The lowest BCUT2D eigenvalue weighted by molar-refractivity contribution is -0.121. The van der Waals surface area contributed by atoms with Crippen LogP contribution in [-0.4, -0.2) is 49.7 Å². The highest BCUT2D eigenvalue weighted by Crippen LogP contribution is 2.07. The van der Waals surface area contributed by atoms with E-state index in [9.17, 15) is 13.2 Å². The number of aliphatic hydroxyl groups is 1. The van der Waals surface area contributed by atoms with Crippen LogP contribution in [0.5, 0.6) is 0 Å². The molecule has 2 N–H and O–H groups in total. The topological polar surface area (TPSA) is 86.7 Å². The predicted molar refractivity (Wildman–Crippen MR) is 71.8 cm³/mol. The zero-order valence-corrected chi connectivity index (χ0v) is 11.6. The minimum Gasteiger partial charge on any atom is -0.395 e. The van der Waals surface area contributed by atoms with Crippen molar-refractivity contribution in [1.82, 2.24) is 9.62 Å². The van der Waals surface area contributed by atoms with Gasteiger partial charge in [0.25, 0.3) is 0 Å². The Hall–Kier alpha value is -1.44. The monoisotopic (exact) mass is 286 g/mol. The van der Waals surface area contributed by atoms with E-state index in [1.165, 1.54) is 0 Å². The van der Waals surface area contributed by atoms with Crippen molar-refractivity contribution in [1.29, 1.82) is 0 Å². The SMILES string of the molecule is CS(=O)(=O)N(CC(=O)NCCO)Cc1ccccc1. The van der Waals surface area contributed by atoms with Gasteiger partial charge < -0.3 is 10.4 Å². The number of hydrogen-bond donors (Lipinski definition) is 2. The van der Waals surface area contributed by atoms with Gasteiger partial charge in [-0.05, 0) is 5.56 Å². The van der Waals surface area contributed by atoms with Crippen LogP contribution in [0.2, 0.25) is 0 Å². The lowest BCUT2D eigenvalue weighted by Crippen LogP contribution is -2.40. The molecule has 0 saturated carbocycles. The Morgan fingerprint density at radius 3 is 2.47 bits per heavy atom. The molecule has 0 saturated heterocycles. The molecule has 1 aromatic rings. The summed E-state index contributed by atoms with van der Waals surface area (Å²) in [5.74, 6) is -0.435. The highest BCUT2D eigenvalue weighted by molar-refractivity contribution is 7.88. The summed E-state index contributed by atoms with van der Waals surface area (Å²) < 4.78 is 24.4. The lowest BCUT2D eigenvalue weighted by Gasteiger charge is -2.19. The van der Waals surface area contributed by atoms with Gasteiger partial charge in [0.2, 0.25) is 15.9 Å². The van der Waals surface area contributed by atoms with Crippen LogP contribution in [0.1, 0.15) is 5.56 Å². The molecule has 0 fully saturated rings. The van der Waals surface area contributed by atoms with Crippen molar-refractivity contribution in [2.24, 2.45) is 0 Å². The Morgan fingerprint density at radius 2 is 1.95 bits per heavy atom. The highest BCUT2D eigenvalue weighted by atomic mass is 32.2. The maximum Gasteiger partial charge on any atom is 0.235 e. The smallest absolute Gasteiger partial charge is 0.235 e. The molecule has 7 heteroatoms. The third-order valence-electron chi connectivity index (χ3n) is 2.42. The fourth-order valence-electron chi connectivity index (χ4n) is 1.49. The molecule has 0 unspecified atom stereocenters. The van der Waals surface area contributed by atoms with Crippen molar-refractivity contribution in [3.8, 4) is 0 Å². The minimum absolute atomic E-state index is 0.113. The summed E-state index contributed by atoms with van der Waals surface area (Å²) in [6.45, 7) is -0.176. The molecule has 0 aliphatic rings. The van der Waals surface area contributed by atoms with Gasteiger partial charge in [-0.3, -0.25) is 4.79 Å². The molecule has 0 aromatic heterocycles. The van der Waals surface area contributed by atoms with Crippen molar-refractivity contribution in [3.63, 3.8) is 0 Å². The fraction of sp³-hybridized carbons (Fsp3) is 0.417. The first-order valence-corrected chi connectivity index (χ1v) is 7.65. The van der Waals surface area contributed by atoms with Gasteiger partial charge in [0.1, 0.15) is 0 Å². The van der Waals surface area contributed by atoms with Crippen LogP contribution in [-0.2, 0) is 21.4 Å². The Kier molecular flexibility index (Phi) is 5.94. The number of carbonyl (C=O) groups excluding carboxylic acids is 1. The molecular formula is C12H18N2O4S. The summed E-state index contributed by atoms with van der Waals surface area (Å²) in [4.78, 5) is 11.5. The molecule has 0 atom stereocenters. The first-order valence-electron chi connectivity index (χ1n) is 5.80. The van der Waals surface area contributed by atoms with Gasteiger partial charge in [0.15, 0.2) is 0 Å². The normalized spacial score (nSPS) is 11.5. The number of sulfonamides is 1. The van der Waals surface area contributed by atoms with Crippen LogP contribution in [0.15, 0.2) is 30.3 Å². The predicted octanol–water partition coefficient (Wildman–Crippen LogP) is -0.443. The van der Waals surface area contributed by atoms with E-state index in [4.69, 9.17) is 5.11 Å². The molecule has 6 nitrogen and oxygen atoms in total. The third kappa shape index (κ3) is 5.82. The molecule has 1 amide bonds. The van der Waals surface area contributed by atoms with Gasteiger partial charge in [-0.25, -0.2) is 8.42 Å². The van der Waals surface area contributed by atoms with E-state index >= 15 is 0 Å². The van der Waals surface area contributed by atoms with E-state index in [-0.39, 0.29) is 26.2 Å². The van der Waals surface area contributed by atoms with E-state index in [0.29, 0.717) is 0 Å². The van der Waals surface area contributed by atoms with Crippen molar-refractivity contribution in [2.75, 3.05) is 26.0 Å². The molecule has 0 radical (unpaired) electrons. The molecule has 0 spiro atoms. The minimum atomic E-state index is -3.47. The fourth-order valence-corrected chi connectivity index (χ4v) is 2.22. The summed E-state index contributed by atoms with van der Waals surface area (Å²) >= 11 is 0. The molecule has 0 aliphatic carbocycles. The number of nitrogens with one attached hydrogen (secondary N) is 1. The summed E-state index contributed by atoms with van der Waals surface area (Å²) in [7, 11) is -3.47. The van der Waals surface area contributed by atoms with E-state index < -0.39 is 15.9 Å². The summed E-state index contributed by atoms with van der Waals surface area (Å²) in [5, 5.41) is 11.0. The van der Waals surface area contributed by atoms with Crippen molar-refractivity contribution < 1.29 is 18.3 Å². The van der Waals surface area contributed by atoms with Crippen LogP contribution in [0.3, 0.4) is 0 Å². The zero-order valence-electron chi connectivity index (χ0n) is 10.7. The number of hydrogen-bond acceptors (Lipinski definition) is 4. The average molecular weight is 286 g/mol. The average Bonchev–Trinajstić information content (AvgIpc) is 2.36. The molecule has 1 rings (SSSR count). The summed E-state index contributed by atoms with van der Waals surface area (Å²) in [6, 6.07) is 9.04. The lowest BCUT2D eigenvalue weighted by atomic mass is 10.2. The Balaban J connectivity index is 2.71. The van der Waals surface area contributed by atoms with Crippen molar-refractivity contribution >= 4 is 15.9 Å². The van der Waals surface area contributed by atoms with E-state index in [2.05, 4.69) is 5.32 Å². The number of benzene rings is 1. The zero-order chi connectivity index (χ0) is 14.3. The van der Waals surface area contributed by atoms with Crippen molar-refractivity contribution in [3.05, 3.63) is 35.9 Å². The van der Waals surface area contributed by atoms with E-state index in [0.717, 1.165) is 16.1 Å². The van der Waals surface area contributed by atoms with Gasteiger partial charge >= 0.3 is 0 Å². The second-order valence-corrected chi connectivity index (χ2v) is 6.07. The Morgan fingerprint density at radius 1 is 1.32 bits per heavy atom. The molecular weight excluding hydrogens is 268 g/mol. The van der Waals surface area contributed by atoms with Crippen LogP contribution < -0.4 is 5.32 Å². The molecule has 0 aliphatic heterocycles. The maximum atomic E-state index is 11.6. The maximum absolute atomic E-state index is 11.6. The van der Waals surface area contributed by atoms with Gasteiger partial charge in [0, 0.05) is 13.1 Å². The number of amides is 1.